The molecule has 4 rings (SSSR count). The van der Waals surface area contributed by atoms with Crippen molar-refractivity contribution in [3.63, 3.8) is 0 Å². The maximum absolute atomic E-state index is 13.1. The molecule has 0 unspecified atom stereocenters. The number of fused-ring (bicyclic) bond motifs is 1. The van der Waals surface area contributed by atoms with E-state index in [0.717, 1.165) is 11.1 Å². The largest absolute Gasteiger partial charge is 0.481 e. The van der Waals surface area contributed by atoms with E-state index in [1.807, 2.05) is 41.0 Å². The van der Waals surface area contributed by atoms with Gasteiger partial charge in [0.1, 0.15) is 7.85 Å². The molecule has 0 fully saturated rings. The van der Waals surface area contributed by atoms with E-state index in [1.54, 1.807) is 30.5 Å². The van der Waals surface area contributed by atoms with Gasteiger partial charge in [-0.25, -0.2) is 4.98 Å². The Hall–Kier alpha value is -3.67. The van der Waals surface area contributed by atoms with Crippen LogP contribution in [0.5, 0.6) is 5.88 Å². The van der Waals surface area contributed by atoms with E-state index in [4.69, 9.17) is 12.6 Å². The minimum absolute atomic E-state index is 0.0968. The van der Waals surface area contributed by atoms with Crippen molar-refractivity contribution in [2.24, 2.45) is 0 Å². The number of carbonyl (C=O) groups excluding carboxylic acids is 1. The summed E-state index contributed by atoms with van der Waals surface area (Å²) in [7, 11) is 7.40. The van der Waals surface area contributed by atoms with Crippen LogP contribution in [-0.4, -0.2) is 30.3 Å². The standard InChI is InChI=1S/C23H17BN2O3/c1-29-21-10-9-16(12-25-21)22(27)19-14-26(13-15-5-4-6-17(24)11-15)20-8-3-2-7-18(20)23(19)28/h2-12,14H,13H2,1H3. The molecule has 2 radical (unpaired) electrons. The van der Waals surface area contributed by atoms with Crippen molar-refractivity contribution in [1.82, 2.24) is 9.55 Å². The number of hydrogen-bond acceptors (Lipinski definition) is 4. The fourth-order valence-electron chi connectivity index (χ4n) is 3.32. The fraction of sp³-hybridized carbons (Fsp3) is 0.0870. The average Bonchev–Trinajstić information content (AvgIpc) is 2.75. The van der Waals surface area contributed by atoms with Crippen LogP contribution in [0.25, 0.3) is 10.9 Å². The molecule has 2 aromatic carbocycles. The van der Waals surface area contributed by atoms with E-state index in [2.05, 4.69) is 4.98 Å². The molecular formula is C23H17BN2O3. The summed E-state index contributed by atoms with van der Waals surface area (Å²) < 4.78 is 6.93. The molecule has 5 nitrogen and oxygen atoms in total. The van der Waals surface area contributed by atoms with Crippen LogP contribution in [0.3, 0.4) is 0 Å². The minimum atomic E-state index is -0.378. The summed E-state index contributed by atoms with van der Waals surface area (Å²) in [6.45, 7) is 0.479. The van der Waals surface area contributed by atoms with Gasteiger partial charge >= 0.3 is 0 Å². The first-order chi connectivity index (χ1) is 14.1. The van der Waals surface area contributed by atoms with Gasteiger partial charge in [-0.05, 0) is 23.8 Å². The van der Waals surface area contributed by atoms with Crippen LogP contribution in [0.1, 0.15) is 21.5 Å². The second-order valence-corrected chi connectivity index (χ2v) is 6.68. The molecule has 0 aliphatic rings. The minimum Gasteiger partial charge on any atom is -0.481 e. The zero-order valence-electron chi connectivity index (χ0n) is 15.8. The summed E-state index contributed by atoms with van der Waals surface area (Å²) in [6.07, 6.45) is 3.03. The van der Waals surface area contributed by atoms with E-state index in [-0.39, 0.29) is 16.8 Å². The smallest absolute Gasteiger partial charge is 0.212 e. The van der Waals surface area contributed by atoms with Crippen molar-refractivity contribution in [1.29, 1.82) is 0 Å². The van der Waals surface area contributed by atoms with Crippen LogP contribution in [0.15, 0.2) is 77.9 Å². The Labute approximate surface area is 169 Å². The van der Waals surface area contributed by atoms with Crippen molar-refractivity contribution in [2.45, 2.75) is 6.54 Å². The molecule has 0 amide bonds. The van der Waals surface area contributed by atoms with Crippen LogP contribution in [-0.2, 0) is 6.54 Å². The predicted molar refractivity (Wildman–Crippen MR) is 113 cm³/mol. The van der Waals surface area contributed by atoms with Crippen molar-refractivity contribution >= 4 is 30.0 Å². The van der Waals surface area contributed by atoms with Crippen LogP contribution < -0.4 is 15.6 Å². The van der Waals surface area contributed by atoms with Gasteiger partial charge in [-0.15, -0.1) is 0 Å². The van der Waals surface area contributed by atoms with Gasteiger partial charge in [0.25, 0.3) is 0 Å². The monoisotopic (exact) mass is 380 g/mol. The van der Waals surface area contributed by atoms with Crippen molar-refractivity contribution in [2.75, 3.05) is 7.11 Å². The molecule has 2 aromatic heterocycles. The summed E-state index contributed by atoms with van der Waals surface area (Å²) >= 11 is 0. The molecule has 0 atom stereocenters. The van der Waals surface area contributed by atoms with Gasteiger partial charge in [-0.2, -0.15) is 0 Å². The number of nitrogens with zero attached hydrogens (tertiary/aromatic N) is 2. The topological polar surface area (TPSA) is 61.2 Å². The summed E-state index contributed by atoms with van der Waals surface area (Å²) in [5, 5.41) is 0.490. The number of para-hydroxylation sites is 1. The first-order valence-corrected chi connectivity index (χ1v) is 9.08. The van der Waals surface area contributed by atoms with Crippen LogP contribution >= 0.6 is 0 Å². The number of pyridine rings is 2. The van der Waals surface area contributed by atoms with Gasteiger partial charge in [-0.1, -0.05) is 41.9 Å². The lowest BCUT2D eigenvalue weighted by atomic mass is 9.94. The van der Waals surface area contributed by atoms with Gasteiger partial charge in [0, 0.05) is 36.0 Å². The van der Waals surface area contributed by atoms with Crippen molar-refractivity contribution < 1.29 is 9.53 Å². The van der Waals surface area contributed by atoms with E-state index in [9.17, 15) is 9.59 Å². The Bertz CT molecular complexity index is 1260. The molecule has 4 aromatic rings. The molecule has 29 heavy (non-hydrogen) atoms. The second-order valence-electron chi connectivity index (χ2n) is 6.68. The third-order valence-electron chi connectivity index (χ3n) is 4.74. The van der Waals surface area contributed by atoms with Gasteiger partial charge in [0.2, 0.25) is 11.3 Å². The molecule has 0 bridgehead atoms. The molecule has 0 saturated heterocycles. The average molecular weight is 380 g/mol. The van der Waals surface area contributed by atoms with E-state index < -0.39 is 0 Å². The summed E-state index contributed by atoms with van der Waals surface area (Å²) in [6, 6.07) is 18.0. The lowest BCUT2D eigenvalue weighted by molar-refractivity contribution is 0.103. The molecule has 0 saturated carbocycles. The SMILES string of the molecule is [B]c1cccc(Cn2cc(C(=O)c3ccc(OC)nc3)c(=O)c3ccccc32)c1. The Morgan fingerprint density at radius 2 is 1.93 bits per heavy atom. The number of carbonyl (C=O) groups is 1. The third kappa shape index (κ3) is 3.69. The normalized spacial score (nSPS) is 10.8. The molecule has 0 spiro atoms. The third-order valence-corrected chi connectivity index (χ3v) is 4.74. The Morgan fingerprint density at radius 1 is 1.10 bits per heavy atom. The highest BCUT2D eigenvalue weighted by molar-refractivity contribution is 6.32. The lowest BCUT2D eigenvalue weighted by Crippen LogP contribution is -2.20. The highest BCUT2D eigenvalue weighted by atomic mass is 16.5. The lowest BCUT2D eigenvalue weighted by Gasteiger charge is -2.14. The number of ketones is 1. The highest BCUT2D eigenvalue weighted by Crippen LogP contribution is 2.17. The van der Waals surface area contributed by atoms with E-state index in [1.165, 1.54) is 13.3 Å². The number of rotatable bonds is 5. The molecule has 140 valence electrons. The molecule has 0 aliphatic heterocycles. The maximum Gasteiger partial charge on any atom is 0.212 e. The zero-order valence-corrected chi connectivity index (χ0v) is 15.8. The van der Waals surface area contributed by atoms with Crippen molar-refractivity contribution in [3.05, 3.63) is 100.0 Å². The fourth-order valence-corrected chi connectivity index (χ4v) is 3.32. The van der Waals surface area contributed by atoms with Gasteiger partial charge in [-0.3, -0.25) is 9.59 Å². The van der Waals surface area contributed by atoms with Gasteiger partial charge in [0.15, 0.2) is 5.78 Å². The van der Waals surface area contributed by atoms with Crippen LogP contribution in [0.2, 0.25) is 0 Å². The number of hydrogen-bond donors (Lipinski definition) is 0. The quantitative estimate of drug-likeness (QED) is 0.394. The number of methoxy groups -OCH3 is 1. The molecule has 2 heterocycles. The maximum atomic E-state index is 13.1. The predicted octanol–water partition coefficient (Wildman–Crippen LogP) is 2.48. The number of benzene rings is 2. The van der Waals surface area contributed by atoms with Crippen molar-refractivity contribution in [3.8, 4) is 5.88 Å². The second kappa shape index (κ2) is 7.76. The van der Waals surface area contributed by atoms with E-state index >= 15 is 0 Å². The summed E-state index contributed by atoms with van der Waals surface area (Å²) in [4.78, 5) is 30.2. The summed E-state index contributed by atoms with van der Waals surface area (Å²) in [5.74, 6) is 0.0244. The molecule has 6 heteroatoms. The zero-order chi connectivity index (χ0) is 20.4. The molecular weight excluding hydrogens is 363 g/mol. The van der Waals surface area contributed by atoms with E-state index in [0.29, 0.717) is 28.8 Å². The molecule has 0 N–H and O–H groups in total. The highest BCUT2D eigenvalue weighted by Gasteiger charge is 2.17. The van der Waals surface area contributed by atoms with Gasteiger partial charge < -0.3 is 9.30 Å². The first-order valence-electron chi connectivity index (χ1n) is 9.08. The van der Waals surface area contributed by atoms with Crippen LogP contribution in [0.4, 0.5) is 0 Å². The number of ether oxygens (including phenoxy) is 1. The first kappa shape index (κ1) is 18.7. The molecule has 0 aliphatic carbocycles. The summed E-state index contributed by atoms with van der Waals surface area (Å²) in [5.41, 5.74) is 2.51. The number of aromatic nitrogens is 2. The van der Waals surface area contributed by atoms with Gasteiger partial charge in [0.05, 0.1) is 18.2 Å². The Kier molecular flexibility index (Phi) is 5.00. The Morgan fingerprint density at radius 3 is 2.66 bits per heavy atom. The van der Waals surface area contributed by atoms with Crippen LogP contribution in [0, 0.1) is 0 Å². The Balaban J connectivity index is 1.84.